The molecule has 2 aliphatic heterocycles. The van der Waals surface area contributed by atoms with Gasteiger partial charge in [-0.1, -0.05) is 42.5 Å². The SMILES string of the molecule is O=CO[C@H](CCCCNC(=O)[C@H](Cc1ccc2ccccc2c1)NC(=O)C1CC12CCN(C(=O)CN1CCN(CC(=O)O)CCN(CC(=O)O)CCN(CC(=O)O)CC1)CC2)NC(=O)N[C@@H](CCC(=O)O)C(=O)O. The summed E-state index contributed by atoms with van der Waals surface area (Å²) in [5.41, 5.74) is 0.455. The molecule has 1 saturated carbocycles. The van der Waals surface area contributed by atoms with E-state index in [2.05, 4.69) is 21.3 Å². The molecule has 1 unspecified atom stereocenters. The summed E-state index contributed by atoms with van der Waals surface area (Å²) in [5.74, 6) is -7.09. The topological polar surface area (TPSA) is 345 Å². The minimum Gasteiger partial charge on any atom is -0.481 e. The number of carboxylic acid groups (broad SMARTS) is 5. The number of carboxylic acids is 5. The zero-order valence-electron chi connectivity index (χ0n) is 41.4. The molecule has 1 aliphatic carbocycles. The smallest absolute Gasteiger partial charge is 0.326 e. The lowest BCUT2D eigenvalue weighted by molar-refractivity contribution is -0.141. The molecule has 406 valence electrons. The van der Waals surface area contributed by atoms with Crippen LogP contribution in [0.3, 0.4) is 0 Å². The molecule has 2 heterocycles. The maximum absolute atomic E-state index is 14.0. The molecule has 0 radical (unpaired) electrons. The maximum atomic E-state index is 14.0. The summed E-state index contributed by atoms with van der Waals surface area (Å²) < 4.78 is 4.94. The second kappa shape index (κ2) is 28.5. The largest absolute Gasteiger partial charge is 0.481 e. The van der Waals surface area contributed by atoms with Crippen LogP contribution in [0.5, 0.6) is 0 Å². The minimum atomic E-state index is -1.50. The number of ether oxygens (including phenoxy) is 1. The molecular formula is C49H69N9O16. The van der Waals surface area contributed by atoms with Gasteiger partial charge in [-0.2, -0.15) is 0 Å². The quantitative estimate of drug-likeness (QED) is 0.0322. The molecule has 5 rings (SSSR count). The van der Waals surface area contributed by atoms with E-state index in [1.807, 2.05) is 47.4 Å². The van der Waals surface area contributed by atoms with Gasteiger partial charge in [0, 0.05) is 97.2 Å². The number of aliphatic carboxylic acids is 5. The Bertz CT molecular complexity index is 2280. The van der Waals surface area contributed by atoms with Crippen molar-refractivity contribution in [2.24, 2.45) is 11.3 Å². The van der Waals surface area contributed by atoms with Gasteiger partial charge in [-0.3, -0.25) is 58.0 Å². The average Bonchev–Trinajstić information content (AvgIpc) is 4.05. The van der Waals surface area contributed by atoms with Crippen molar-refractivity contribution in [3.63, 3.8) is 0 Å². The number of hydrogen-bond acceptors (Lipinski definition) is 15. The molecule has 0 aromatic heterocycles. The number of hydrogen-bond donors (Lipinski definition) is 9. The van der Waals surface area contributed by atoms with Crippen molar-refractivity contribution >= 4 is 70.8 Å². The Labute approximate surface area is 427 Å². The van der Waals surface area contributed by atoms with Crippen LogP contribution in [0.15, 0.2) is 42.5 Å². The highest BCUT2D eigenvalue weighted by atomic mass is 16.5. The molecule has 25 nitrogen and oxygen atoms in total. The van der Waals surface area contributed by atoms with E-state index in [1.165, 1.54) is 0 Å². The van der Waals surface area contributed by atoms with E-state index in [1.54, 1.807) is 19.6 Å². The fourth-order valence-electron chi connectivity index (χ4n) is 9.53. The van der Waals surface area contributed by atoms with Crippen LogP contribution in [0, 0.1) is 11.3 Å². The standard InChI is InChI=1S/C49H69N9O16/c59-32-74-39(53-48(73)52-37(47(71)72)10-11-41(61)62)7-3-4-14-50-46(70)38(26-33-8-9-34-5-1-2-6-35(34)25-33)51-45(69)36-27-49(36)12-15-58(16-13-49)40(60)28-54-17-19-55(29-42(63)64)21-23-57(31-44(67)68)24-22-56(20-18-54)30-43(65)66/h1-2,5-6,8-9,25,32,36-39H,3-4,7,10-24,26-31H2,(H,50,70)(H,51,69)(H,61,62)(H,63,64)(H,65,66)(H,67,68)(H,71,72)(H2,52,53,73)/t36?,37-,38-,39+/m0/s1. The molecule has 1 spiro atoms. The first-order valence-corrected chi connectivity index (χ1v) is 24.8. The summed E-state index contributed by atoms with van der Waals surface area (Å²) in [6, 6.07) is 10.1. The number of carbonyl (C=O) groups excluding carboxylic acids is 5. The van der Waals surface area contributed by atoms with Gasteiger partial charge in [-0.15, -0.1) is 0 Å². The van der Waals surface area contributed by atoms with Gasteiger partial charge in [-0.25, -0.2) is 9.59 Å². The molecule has 2 aromatic carbocycles. The minimum absolute atomic E-state index is 0.00312. The molecule has 9 N–H and O–H groups in total. The van der Waals surface area contributed by atoms with Crippen LogP contribution in [0.25, 0.3) is 10.8 Å². The van der Waals surface area contributed by atoms with Crippen molar-refractivity contribution < 1.29 is 78.2 Å². The Morgan fingerprint density at radius 3 is 1.72 bits per heavy atom. The van der Waals surface area contributed by atoms with Gasteiger partial charge >= 0.3 is 35.9 Å². The summed E-state index contributed by atoms with van der Waals surface area (Å²) in [7, 11) is 0. The second-order valence-corrected chi connectivity index (χ2v) is 19.2. The molecule has 2 saturated heterocycles. The number of nitrogens with zero attached hydrogens (tertiary/aromatic N) is 5. The molecule has 25 heteroatoms. The fourth-order valence-corrected chi connectivity index (χ4v) is 9.53. The molecular weight excluding hydrogens is 971 g/mol. The highest BCUT2D eigenvalue weighted by Gasteiger charge is 2.59. The summed E-state index contributed by atoms with van der Waals surface area (Å²) >= 11 is 0. The summed E-state index contributed by atoms with van der Waals surface area (Å²) in [6.07, 6.45) is 0.640. The van der Waals surface area contributed by atoms with Crippen molar-refractivity contribution in [1.29, 1.82) is 0 Å². The predicted molar refractivity (Wildman–Crippen MR) is 262 cm³/mol. The number of benzene rings is 2. The van der Waals surface area contributed by atoms with E-state index in [-0.39, 0.29) is 115 Å². The van der Waals surface area contributed by atoms with Crippen LogP contribution in [0.1, 0.15) is 56.9 Å². The monoisotopic (exact) mass is 1040 g/mol. The lowest BCUT2D eigenvalue weighted by Crippen LogP contribution is -2.51. The third-order valence-corrected chi connectivity index (χ3v) is 13.8. The van der Waals surface area contributed by atoms with E-state index in [0.717, 1.165) is 16.3 Å². The number of amides is 5. The van der Waals surface area contributed by atoms with Gasteiger partial charge in [0.1, 0.15) is 12.1 Å². The van der Waals surface area contributed by atoms with Gasteiger partial charge in [0.05, 0.1) is 26.2 Å². The van der Waals surface area contributed by atoms with Crippen molar-refractivity contribution in [1.82, 2.24) is 45.8 Å². The zero-order chi connectivity index (χ0) is 53.8. The molecule has 4 atom stereocenters. The van der Waals surface area contributed by atoms with Crippen molar-refractivity contribution in [3.8, 4) is 0 Å². The first-order chi connectivity index (χ1) is 35.3. The van der Waals surface area contributed by atoms with Crippen LogP contribution in [-0.2, 0) is 54.3 Å². The first kappa shape index (κ1) is 57.9. The van der Waals surface area contributed by atoms with E-state index < -0.39 is 72.4 Å². The van der Waals surface area contributed by atoms with Crippen LogP contribution >= 0.6 is 0 Å². The number of urea groups is 1. The van der Waals surface area contributed by atoms with Gasteiger partial charge < -0.3 is 56.4 Å². The third-order valence-electron chi connectivity index (χ3n) is 13.8. The summed E-state index contributed by atoms with van der Waals surface area (Å²) in [5, 5.41) is 59.2. The lowest BCUT2D eigenvalue weighted by atomic mass is 9.90. The maximum Gasteiger partial charge on any atom is 0.326 e. The Morgan fingerprint density at radius 1 is 0.635 bits per heavy atom. The fraction of sp³-hybridized carbons (Fsp3) is 0.592. The number of fused-ring (bicyclic) bond motifs is 1. The predicted octanol–water partition coefficient (Wildman–Crippen LogP) is -0.626. The summed E-state index contributed by atoms with van der Waals surface area (Å²) in [4.78, 5) is 131. The van der Waals surface area contributed by atoms with E-state index in [4.69, 9.17) is 9.84 Å². The van der Waals surface area contributed by atoms with Crippen LogP contribution in [0.4, 0.5) is 4.79 Å². The van der Waals surface area contributed by atoms with Gasteiger partial charge in [0.15, 0.2) is 6.23 Å². The average molecular weight is 1040 g/mol. The zero-order valence-corrected chi connectivity index (χ0v) is 41.4. The van der Waals surface area contributed by atoms with Gasteiger partial charge in [0.2, 0.25) is 17.7 Å². The Kier molecular flexibility index (Phi) is 22.3. The molecule has 2 aromatic rings. The normalized spacial score (nSPS) is 19.1. The van der Waals surface area contributed by atoms with E-state index >= 15 is 0 Å². The highest BCUT2D eigenvalue weighted by Crippen LogP contribution is 2.59. The second-order valence-electron chi connectivity index (χ2n) is 19.2. The van der Waals surface area contributed by atoms with E-state index in [0.29, 0.717) is 58.3 Å². The molecule has 3 fully saturated rings. The lowest BCUT2D eigenvalue weighted by Gasteiger charge is -2.36. The molecule has 0 bridgehead atoms. The van der Waals surface area contributed by atoms with Crippen LogP contribution < -0.4 is 21.3 Å². The third kappa shape index (κ3) is 19.1. The molecule has 5 amide bonds. The Hall–Kier alpha value is -6.96. The van der Waals surface area contributed by atoms with Crippen LogP contribution in [-0.4, -0.2) is 227 Å². The number of carbonyl (C=O) groups is 10. The van der Waals surface area contributed by atoms with Crippen molar-refractivity contribution in [2.45, 2.75) is 76.1 Å². The number of rotatable bonds is 26. The Balaban J connectivity index is 1.15. The number of likely N-dealkylation sites (tertiary alicyclic amines) is 1. The van der Waals surface area contributed by atoms with E-state index in [9.17, 15) is 68.4 Å². The van der Waals surface area contributed by atoms with Crippen LogP contribution in [0.2, 0.25) is 0 Å². The number of unbranched alkanes of at least 4 members (excludes halogenated alkanes) is 1. The first-order valence-electron chi connectivity index (χ1n) is 24.8. The van der Waals surface area contributed by atoms with Gasteiger partial charge in [0.25, 0.3) is 6.47 Å². The van der Waals surface area contributed by atoms with Crippen molar-refractivity contribution in [3.05, 3.63) is 48.0 Å². The summed E-state index contributed by atoms with van der Waals surface area (Å²) in [6.45, 7) is 2.38. The molecule has 74 heavy (non-hydrogen) atoms. The number of nitrogens with one attached hydrogen (secondary N) is 4. The molecule has 3 aliphatic rings. The van der Waals surface area contributed by atoms with Crippen molar-refractivity contribution in [2.75, 3.05) is 98.2 Å². The number of piperidine rings is 1. The highest BCUT2D eigenvalue weighted by molar-refractivity contribution is 5.91. The Morgan fingerprint density at radius 2 is 1.19 bits per heavy atom. The van der Waals surface area contributed by atoms with Gasteiger partial charge in [-0.05, 0) is 60.3 Å².